The molecule has 0 radical (unpaired) electrons. The molecule has 0 amide bonds. The van der Waals surface area contributed by atoms with Gasteiger partial charge in [0.05, 0.1) is 11.6 Å². The predicted molar refractivity (Wildman–Crippen MR) is 78.4 cm³/mol. The average molecular weight is 314 g/mol. The highest BCUT2D eigenvalue weighted by Crippen LogP contribution is 2.37. The monoisotopic (exact) mass is 313 g/mol. The van der Waals surface area contributed by atoms with Crippen LogP contribution in [0.3, 0.4) is 0 Å². The molecule has 1 atom stereocenters. The second-order valence-corrected chi connectivity index (χ2v) is 5.00. The summed E-state index contributed by atoms with van der Waals surface area (Å²) in [5, 5.41) is 3.53. The van der Waals surface area contributed by atoms with E-state index in [-0.39, 0.29) is 5.56 Å². The lowest BCUT2D eigenvalue weighted by Crippen LogP contribution is -2.25. The Morgan fingerprint density at radius 3 is 2.14 bits per heavy atom. The third kappa shape index (κ3) is 3.57. The van der Waals surface area contributed by atoms with Crippen LogP contribution in [0.2, 0.25) is 5.02 Å². The van der Waals surface area contributed by atoms with E-state index in [0.29, 0.717) is 17.1 Å². The Morgan fingerprint density at radius 2 is 1.57 bits per heavy atom. The van der Waals surface area contributed by atoms with Gasteiger partial charge in [-0.3, -0.25) is 0 Å². The summed E-state index contributed by atoms with van der Waals surface area (Å²) < 4.78 is 39.6. The number of hydrogen-bond acceptors (Lipinski definition) is 1. The fourth-order valence-electron chi connectivity index (χ4n) is 2.31. The second-order valence-electron chi connectivity index (χ2n) is 4.60. The molecule has 0 fully saturated rings. The first-order chi connectivity index (χ1) is 9.95. The molecular weight excluding hydrogens is 299 g/mol. The van der Waals surface area contributed by atoms with Crippen LogP contribution in [-0.4, -0.2) is 6.54 Å². The SMILES string of the molecule is CCNC(c1ccccc1Cl)c1ccccc1C(F)(F)F. The molecule has 0 aliphatic heterocycles. The predicted octanol–water partition coefficient (Wildman–Crippen LogP) is 5.06. The molecule has 2 aromatic carbocycles. The zero-order chi connectivity index (χ0) is 15.5. The molecule has 112 valence electrons. The van der Waals surface area contributed by atoms with Gasteiger partial charge < -0.3 is 5.32 Å². The average Bonchev–Trinajstić information content (AvgIpc) is 2.45. The van der Waals surface area contributed by atoms with Crippen LogP contribution in [-0.2, 0) is 6.18 Å². The van der Waals surface area contributed by atoms with Crippen LogP contribution in [0.1, 0.15) is 29.7 Å². The lowest BCUT2D eigenvalue weighted by atomic mass is 9.94. The fraction of sp³-hybridized carbons (Fsp3) is 0.250. The van der Waals surface area contributed by atoms with Crippen molar-refractivity contribution in [3.63, 3.8) is 0 Å². The summed E-state index contributed by atoms with van der Waals surface area (Å²) in [5.74, 6) is 0. The number of halogens is 4. The van der Waals surface area contributed by atoms with Crippen molar-refractivity contribution in [1.29, 1.82) is 0 Å². The molecule has 0 aliphatic rings. The fourth-order valence-corrected chi connectivity index (χ4v) is 2.55. The van der Waals surface area contributed by atoms with E-state index in [1.807, 2.05) is 6.92 Å². The van der Waals surface area contributed by atoms with Crippen molar-refractivity contribution in [1.82, 2.24) is 5.32 Å². The molecule has 0 saturated carbocycles. The van der Waals surface area contributed by atoms with Gasteiger partial charge in [0.15, 0.2) is 0 Å². The maximum atomic E-state index is 13.2. The Labute approximate surface area is 126 Å². The minimum absolute atomic E-state index is 0.181. The summed E-state index contributed by atoms with van der Waals surface area (Å²) in [6.45, 7) is 2.38. The van der Waals surface area contributed by atoms with Crippen LogP contribution in [0, 0.1) is 0 Å². The van der Waals surface area contributed by atoms with Gasteiger partial charge in [0.2, 0.25) is 0 Å². The van der Waals surface area contributed by atoms with Gasteiger partial charge in [-0.25, -0.2) is 0 Å². The molecular formula is C16H15ClF3N. The quantitative estimate of drug-likeness (QED) is 0.832. The van der Waals surface area contributed by atoms with Crippen molar-refractivity contribution in [2.24, 2.45) is 0 Å². The van der Waals surface area contributed by atoms with Crippen molar-refractivity contribution in [2.75, 3.05) is 6.54 Å². The molecule has 0 aromatic heterocycles. The molecule has 0 saturated heterocycles. The lowest BCUT2D eigenvalue weighted by molar-refractivity contribution is -0.138. The van der Waals surface area contributed by atoms with E-state index < -0.39 is 17.8 Å². The standard InChI is InChI=1S/C16H15ClF3N/c1-2-21-15(12-8-4-6-10-14(12)17)11-7-3-5-9-13(11)16(18,19)20/h3-10,15,21H,2H2,1H3. The summed E-state index contributed by atoms with van der Waals surface area (Å²) >= 11 is 6.15. The van der Waals surface area contributed by atoms with E-state index in [9.17, 15) is 13.2 Å². The molecule has 0 spiro atoms. The van der Waals surface area contributed by atoms with Crippen molar-refractivity contribution in [3.05, 3.63) is 70.2 Å². The van der Waals surface area contributed by atoms with Gasteiger partial charge in [-0.15, -0.1) is 0 Å². The molecule has 21 heavy (non-hydrogen) atoms. The van der Waals surface area contributed by atoms with Gasteiger partial charge in [0.25, 0.3) is 0 Å². The Balaban J connectivity index is 2.57. The number of benzene rings is 2. The molecule has 0 bridgehead atoms. The van der Waals surface area contributed by atoms with Gasteiger partial charge in [0, 0.05) is 5.02 Å². The zero-order valence-corrected chi connectivity index (χ0v) is 12.2. The summed E-state index contributed by atoms with van der Waals surface area (Å²) in [4.78, 5) is 0. The van der Waals surface area contributed by atoms with E-state index in [0.717, 1.165) is 6.07 Å². The zero-order valence-electron chi connectivity index (χ0n) is 11.4. The Kier molecular flexibility index (Phi) is 4.91. The topological polar surface area (TPSA) is 12.0 Å². The van der Waals surface area contributed by atoms with Gasteiger partial charge in [-0.1, -0.05) is 54.9 Å². The van der Waals surface area contributed by atoms with Crippen LogP contribution in [0.25, 0.3) is 0 Å². The molecule has 0 heterocycles. The van der Waals surface area contributed by atoms with Crippen LogP contribution < -0.4 is 5.32 Å². The molecule has 1 N–H and O–H groups in total. The van der Waals surface area contributed by atoms with E-state index in [1.54, 1.807) is 30.3 Å². The second kappa shape index (κ2) is 6.50. The first-order valence-corrected chi connectivity index (χ1v) is 6.97. The maximum Gasteiger partial charge on any atom is 0.416 e. The Bertz CT molecular complexity index is 610. The van der Waals surface area contributed by atoms with Crippen molar-refractivity contribution < 1.29 is 13.2 Å². The number of alkyl halides is 3. The first-order valence-electron chi connectivity index (χ1n) is 6.59. The van der Waals surface area contributed by atoms with Crippen molar-refractivity contribution >= 4 is 11.6 Å². The van der Waals surface area contributed by atoms with Gasteiger partial charge >= 0.3 is 6.18 Å². The Hall–Kier alpha value is -1.52. The summed E-state index contributed by atoms with van der Waals surface area (Å²) in [7, 11) is 0. The van der Waals surface area contributed by atoms with Crippen molar-refractivity contribution in [3.8, 4) is 0 Å². The normalized spacial score (nSPS) is 13.2. The third-order valence-corrected chi connectivity index (χ3v) is 3.55. The lowest BCUT2D eigenvalue weighted by Gasteiger charge is -2.23. The smallest absolute Gasteiger partial charge is 0.306 e. The van der Waals surface area contributed by atoms with Crippen LogP contribution in [0.4, 0.5) is 13.2 Å². The summed E-state index contributed by atoms with van der Waals surface area (Å²) in [6, 6.07) is 11.9. The molecule has 5 heteroatoms. The highest BCUT2D eigenvalue weighted by molar-refractivity contribution is 6.31. The molecule has 2 rings (SSSR count). The van der Waals surface area contributed by atoms with Crippen LogP contribution in [0.15, 0.2) is 48.5 Å². The molecule has 1 nitrogen and oxygen atoms in total. The van der Waals surface area contributed by atoms with E-state index in [4.69, 9.17) is 11.6 Å². The highest BCUT2D eigenvalue weighted by Gasteiger charge is 2.35. The van der Waals surface area contributed by atoms with Gasteiger partial charge in [-0.05, 0) is 29.8 Å². The Morgan fingerprint density at radius 1 is 1.00 bits per heavy atom. The van der Waals surface area contributed by atoms with E-state index >= 15 is 0 Å². The number of nitrogens with one attached hydrogen (secondary N) is 1. The largest absolute Gasteiger partial charge is 0.416 e. The molecule has 0 aliphatic carbocycles. The first kappa shape index (κ1) is 15.9. The highest BCUT2D eigenvalue weighted by atomic mass is 35.5. The van der Waals surface area contributed by atoms with Gasteiger partial charge in [-0.2, -0.15) is 13.2 Å². The maximum absolute atomic E-state index is 13.2. The van der Waals surface area contributed by atoms with E-state index in [1.165, 1.54) is 12.1 Å². The van der Waals surface area contributed by atoms with Crippen LogP contribution in [0.5, 0.6) is 0 Å². The number of rotatable bonds is 4. The van der Waals surface area contributed by atoms with Crippen LogP contribution >= 0.6 is 11.6 Å². The van der Waals surface area contributed by atoms with E-state index in [2.05, 4.69) is 5.32 Å². The van der Waals surface area contributed by atoms with Crippen molar-refractivity contribution in [2.45, 2.75) is 19.1 Å². The van der Waals surface area contributed by atoms with Gasteiger partial charge in [0.1, 0.15) is 0 Å². The molecule has 2 aromatic rings. The minimum Gasteiger partial charge on any atom is -0.306 e. The minimum atomic E-state index is -4.40. The number of hydrogen-bond donors (Lipinski definition) is 1. The molecule has 1 unspecified atom stereocenters. The summed E-state index contributed by atoms with van der Waals surface area (Å²) in [5.41, 5.74) is 0.175. The third-order valence-electron chi connectivity index (χ3n) is 3.20. The summed E-state index contributed by atoms with van der Waals surface area (Å²) in [6.07, 6.45) is -4.40.